The lowest BCUT2D eigenvalue weighted by atomic mass is 10.2. The summed E-state index contributed by atoms with van der Waals surface area (Å²) in [4.78, 5) is 23.0. The Balaban J connectivity index is 2.56. The van der Waals surface area contributed by atoms with Gasteiger partial charge < -0.3 is 10.1 Å². The predicted octanol–water partition coefficient (Wildman–Crippen LogP) is 0.975. The Morgan fingerprint density at radius 2 is 2.05 bits per heavy atom. The van der Waals surface area contributed by atoms with Gasteiger partial charge >= 0.3 is 0 Å². The van der Waals surface area contributed by atoms with Crippen molar-refractivity contribution in [3.05, 3.63) is 29.8 Å². The molecule has 0 radical (unpaired) electrons. The van der Waals surface area contributed by atoms with Crippen molar-refractivity contribution in [1.82, 2.24) is 10.7 Å². The van der Waals surface area contributed by atoms with Crippen LogP contribution in [0.15, 0.2) is 24.3 Å². The smallest absolute Gasteiger partial charge is 0.255 e. The first-order valence-corrected chi connectivity index (χ1v) is 6.68. The normalized spacial score (nSPS) is 9.90. The van der Waals surface area contributed by atoms with Gasteiger partial charge in [-0.25, -0.2) is 5.84 Å². The molecule has 0 spiro atoms. The standard InChI is InChI=1S/C14H21N3O3/c1-2-3-10-20-12-7-5-4-6-11(12)14(19)16-9-8-13(18)17-15/h4-7H,2-3,8-10,15H2,1H3,(H,16,19)(H,17,18). The molecule has 2 amide bonds. The minimum atomic E-state index is -0.321. The van der Waals surface area contributed by atoms with Crippen molar-refractivity contribution in [1.29, 1.82) is 0 Å². The van der Waals surface area contributed by atoms with Crippen molar-refractivity contribution in [3.63, 3.8) is 0 Å². The number of carbonyl (C=O) groups excluding carboxylic acids is 2. The summed E-state index contributed by atoms with van der Waals surface area (Å²) in [7, 11) is 0. The second-order valence-electron chi connectivity index (χ2n) is 4.27. The van der Waals surface area contributed by atoms with E-state index in [-0.39, 0.29) is 24.8 Å². The quantitative estimate of drug-likeness (QED) is 0.286. The average molecular weight is 279 g/mol. The van der Waals surface area contributed by atoms with Crippen LogP contribution in [-0.4, -0.2) is 25.0 Å². The number of rotatable bonds is 8. The number of hydrazine groups is 1. The predicted molar refractivity (Wildman–Crippen MR) is 76.1 cm³/mol. The number of para-hydroxylation sites is 1. The first-order chi connectivity index (χ1) is 9.69. The number of hydrogen-bond donors (Lipinski definition) is 3. The zero-order valence-electron chi connectivity index (χ0n) is 11.6. The fourth-order valence-electron chi connectivity index (χ4n) is 1.56. The van der Waals surface area contributed by atoms with E-state index < -0.39 is 0 Å². The van der Waals surface area contributed by atoms with Crippen LogP contribution in [0.5, 0.6) is 5.75 Å². The van der Waals surface area contributed by atoms with Crippen molar-refractivity contribution >= 4 is 11.8 Å². The van der Waals surface area contributed by atoms with Gasteiger partial charge in [0.25, 0.3) is 5.91 Å². The summed E-state index contributed by atoms with van der Waals surface area (Å²) >= 11 is 0. The van der Waals surface area contributed by atoms with Crippen LogP contribution >= 0.6 is 0 Å². The van der Waals surface area contributed by atoms with Crippen LogP contribution in [-0.2, 0) is 4.79 Å². The molecule has 0 aliphatic heterocycles. The van der Waals surface area contributed by atoms with E-state index in [1.54, 1.807) is 18.2 Å². The maximum absolute atomic E-state index is 12.0. The monoisotopic (exact) mass is 279 g/mol. The lowest BCUT2D eigenvalue weighted by Gasteiger charge is -2.11. The minimum absolute atomic E-state index is 0.140. The topological polar surface area (TPSA) is 93.4 Å². The molecule has 6 heteroatoms. The van der Waals surface area contributed by atoms with Crippen molar-refractivity contribution in [2.24, 2.45) is 5.84 Å². The second kappa shape index (κ2) is 8.92. The molecule has 1 aromatic rings. The summed E-state index contributed by atoms with van der Waals surface area (Å²) in [6, 6.07) is 7.05. The molecule has 0 bridgehead atoms. The Bertz CT molecular complexity index is 449. The Labute approximate surface area is 118 Å². The Hall–Kier alpha value is -2.08. The summed E-state index contributed by atoms with van der Waals surface area (Å²) < 4.78 is 5.59. The summed E-state index contributed by atoms with van der Waals surface area (Å²) in [5.41, 5.74) is 2.48. The number of hydrogen-bond acceptors (Lipinski definition) is 4. The number of nitrogens with one attached hydrogen (secondary N) is 2. The molecule has 0 aliphatic carbocycles. The van der Waals surface area contributed by atoms with Gasteiger partial charge in [0.1, 0.15) is 5.75 Å². The Kier molecular flexibility index (Phi) is 7.13. The molecule has 0 fully saturated rings. The summed E-state index contributed by atoms with van der Waals surface area (Å²) in [5.74, 6) is 4.93. The minimum Gasteiger partial charge on any atom is -0.493 e. The molecule has 0 heterocycles. The molecule has 0 saturated heterocycles. The van der Waals surface area contributed by atoms with Crippen LogP contribution < -0.4 is 21.3 Å². The van der Waals surface area contributed by atoms with Crippen LogP contribution in [0.25, 0.3) is 0 Å². The van der Waals surface area contributed by atoms with Crippen molar-refractivity contribution in [2.75, 3.05) is 13.2 Å². The van der Waals surface area contributed by atoms with Gasteiger partial charge in [0, 0.05) is 13.0 Å². The Morgan fingerprint density at radius 1 is 1.30 bits per heavy atom. The maximum atomic E-state index is 12.0. The number of benzene rings is 1. The van der Waals surface area contributed by atoms with Gasteiger partial charge in [-0.1, -0.05) is 25.5 Å². The highest BCUT2D eigenvalue weighted by Gasteiger charge is 2.11. The van der Waals surface area contributed by atoms with Crippen LogP contribution in [0.4, 0.5) is 0 Å². The average Bonchev–Trinajstić information content (AvgIpc) is 2.47. The fourth-order valence-corrected chi connectivity index (χ4v) is 1.56. The lowest BCUT2D eigenvalue weighted by molar-refractivity contribution is -0.121. The van der Waals surface area contributed by atoms with E-state index in [4.69, 9.17) is 10.6 Å². The highest BCUT2D eigenvalue weighted by molar-refractivity contribution is 5.97. The number of carbonyl (C=O) groups is 2. The van der Waals surface area contributed by atoms with Crippen LogP contribution in [0.2, 0.25) is 0 Å². The van der Waals surface area contributed by atoms with Gasteiger partial charge in [0.05, 0.1) is 12.2 Å². The van der Waals surface area contributed by atoms with Gasteiger partial charge in [-0.2, -0.15) is 0 Å². The molecular formula is C14H21N3O3. The highest BCUT2D eigenvalue weighted by atomic mass is 16.5. The van der Waals surface area contributed by atoms with Crippen molar-refractivity contribution in [2.45, 2.75) is 26.2 Å². The largest absolute Gasteiger partial charge is 0.493 e. The second-order valence-corrected chi connectivity index (χ2v) is 4.27. The molecule has 0 aromatic heterocycles. The van der Waals surface area contributed by atoms with Gasteiger partial charge in [-0.3, -0.25) is 15.0 Å². The molecule has 1 rings (SSSR count). The van der Waals surface area contributed by atoms with E-state index in [0.717, 1.165) is 12.8 Å². The molecule has 110 valence electrons. The van der Waals surface area contributed by atoms with E-state index in [9.17, 15) is 9.59 Å². The molecule has 0 saturated carbocycles. The molecule has 0 unspecified atom stereocenters. The number of nitrogens with two attached hydrogens (primary N) is 1. The van der Waals surface area contributed by atoms with E-state index in [1.807, 2.05) is 11.5 Å². The first kappa shape index (κ1) is 16.0. The molecule has 20 heavy (non-hydrogen) atoms. The zero-order valence-corrected chi connectivity index (χ0v) is 11.6. The van der Waals surface area contributed by atoms with Gasteiger partial charge in [-0.15, -0.1) is 0 Å². The first-order valence-electron chi connectivity index (χ1n) is 6.68. The van der Waals surface area contributed by atoms with E-state index in [2.05, 4.69) is 12.2 Å². The number of ether oxygens (including phenoxy) is 1. The van der Waals surface area contributed by atoms with Gasteiger partial charge in [0.15, 0.2) is 0 Å². The third kappa shape index (κ3) is 5.27. The van der Waals surface area contributed by atoms with E-state index in [1.165, 1.54) is 0 Å². The number of amides is 2. The van der Waals surface area contributed by atoms with Crippen LogP contribution in [0.3, 0.4) is 0 Å². The maximum Gasteiger partial charge on any atom is 0.255 e. The summed E-state index contributed by atoms with van der Waals surface area (Å²) in [5, 5.41) is 2.66. The summed E-state index contributed by atoms with van der Waals surface area (Å²) in [6.45, 7) is 2.88. The third-order valence-electron chi connectivity index (χ3n) is 2.69. The molecule has 4 N–H and O–H groups in total. The van der Waals surface area contributed by atoms with Gasteiger partial charge in [0.2, 0.25) is 5.91 Å². The van der Waals surface area contributed by atoms with Crippen molar-refractivity contribution < 1.29 is 14.3 Å². The highest BCUT2D eigenvalue weighted by Crippen LogP contribution is 2.18. The number of unbranched alkanes of at least 4 members (excludes halogenated alkanes) is 1. The molecule has 0 atom stereocenters. The zero-order chi connectivity index (χ0) is 14.8. The summed E-state index contributed by atoms with van der Waals surface area (Å²) in [6.07, 6.45) is 2.11. The Morgan fingerprint density at radius 3 is 2.75 bits per heavy atom. The molecule has 6 nitrogen and oxygen atoms in total. The van der Waals surface area contributed by atoms with Crippen LogP contribution in [0.1, 0.15) is 36.5 Å². The van der Waals surface area contributed by atoms with Gasteiger partial charge in [-0.05, 0) is 18.6 Å². The fraction of sp³-hybridized carbons (Fsp3) is 0.429. The van der Waals surface area contributed by atoms with E-state index >= 15 is 0 Å². The third-order valence-corrected chi connectivity index (χ3v) is 2.69. The molecule has 1 aromatic carbocycles. The van der Waals surface area contributed by atoms with Crippen molar-refractivity contribution in [3.8, 4) is 5.75 Å². The lowest BCUT2D eigenvalue weighted by Crippen LogP contribution is -2.34. The van der Waals surface area contributed by atoms with E-state index in [0.29, 0.717) is 17.9 Å². The molecular weight excluding hydrogens is 258 g/mol. The molecule has 0 aliphatic rings. The SMILES string of the molecule is CCCCOc1ccccc1C(=O)NCCC(=O)NN. The van der Waals surface area contributed by atoms with Crippen LogP contribution in [0, 0.1) is 0 Å².